The Balaban J connectivity index is 2.82. The van der Waals surface area contributed by atoms with Gasteiger partial charge in [0.2, 0.25) is 0 Å². The quantitative estimate of drug-likeness (QED) is 0.773. The van der Waals surface area contributed by atoms with Crippen LogP contribution in [0.1, 0.15) is 24.9 Å². The van der Waals surface area contributed by atoms with Crippen molar-refractivity contribution in [2.24, 2.45) is 11.7 Å². The van der Waals surface area contributed by atoms with E-state index in [9.17, 15) is 4.39 Å². The van der Waals surface area contributed by atoms with Gasteiger partial charge in [-0.05, 0) is 24.1 Å². The number of hydrogen-bond acceptors (Lipinski definition) is 2. The lowest BCUT2D eigenvalue weighted by atomic mass is 9.92. The number of hydrogen-bond donors (Lipinski definition) is 2. The summed E-state index contributed by atoms with van der Waals surface area (Å²) in [7, 11) is 0. The van der Waals surface area contributed by atoms with Crippen molar-refractivity contribution in [3.8, 4) is 0 Å². The van der Waals surface area contributed by atoms with Crippen LogP contribution in [0.3, 0.4) is 0 Å². The molecule has 0 amide bonds. The van der Waals surface area contributed by atoms with Crippen LogP contribution in [-0.4, -0.2) is 11.7 Å². The van der Waals surface area contributed by atoms with Gasteiger partial charge in [-0.1, -0.05) is 19.1 Å². The molecule has 1 rings (SSSR count). The Kier molecular flexibility index (Phi) is 4.04. The molecular weight excluding hydrogens is 181 g/mol. The molecule has 0 aromatic heterocycles. The van der Waals surface area contributed by atoms with Gasteiger partial charge in [0.15, 0.2) is 0 Å². The minimum Gasteiger partial charge on any atom is -0.396 e. The van der Waals surface area contributed by atoms with Gasteiger partial charge in [0.25, 0.3) is 0 Å². The van der Waals surface area contributed by atoms with Gasteiger partial charge in [-0.15, -0.1) is 0 Å². The topological polar surface area (TPSA) is 46.2 Å². The maximum Gasteiger partial charge on any atom is 0.123 e. The van der Waals surface area contributed by atoms with Gasteiger partial charge in [0, 0.05) is 18.6 Å². The third kappa shape index (κ3) is 2.53. The van der Waals surface area contributed by atoms with E-state index < -0.39 is 0 Å². The Bertz CT molecular complexity index is 286. The first kappa shape index (κ1) is 11.1. The van der Waals surface area contributed by atoms with Crippen molar-refractivity contribution < 1.29 is 9.50 Å². The summed E-state index contributed by atoms with van der Waals surface area (Å²) in [6, 6.07) is 5.93. The molecule has 0 saturated carbocycles. The van der Waals surface area contributed by atoms with Crippen LogP contribution in [0.4, 0.5) is 4.39 Å². The summed E-state index contributed by atoms with van der Waals surface area (Å²) in [4.78, 5) is 0. The number of rotatable bonds is 4. The number of aliphatic hydroxyl groups is 1. The SMILES string of the molecule is CCC(CO)C(N)c1cccc(F)c1. The smallest absolute Gasteiger partial charge is 0.123 e. The van der Waals surface area contributed by atoms with Crippen molar-refractivity contribution in [1.29, 1.82) is 0 Å². The van der Waals surface area contributed by atoms with Gasteiger partial charge in [-0.2, -0.15) is 0 Å². The fourth-order valence-electron chi connectivity index (χ4n) is 1.48. The van der Waals surface area contributed by atoms with Gasteiger partial charge in [-0.25, -0.2) is 4.39 Å². The maximum atomic E-state index is 12.9. The molecule has 0 aliphatic heterocycles. The molecule has 0 spiro atoms. The highest BCUT2D eigenvalue weighted by Gasteiger charge is 2.16. The van der Waals surface area contributed by atoms with E-state index in [1.54, 1.807) is 12.1 Å². The van der Waals surface area contributed by atoms with Gasteiger partial charge in [-0.3, -0.25) is 0 Å². The second-order valence-electron chi connectivity index (χ2n) is 3.43. The summed E-state index contributed by atoms with van der Waals surface area (Å²) in [5.41, 5.74) is 6.64. The average molecular weight is 197 g/mol. The molecule has 0 aliphatic carbocycles. The predicted molar refractivity (Wildman–Crippen MR) is 54.2 cm³/mol. The fraction of sp³-hybridized carbons (Fsp3) is 0.455. The van der Waals surface area contributed by atoms with Gasteiger partial charge >= 0.3 is 0 Å². The second kappa shape index (κ2) is 5.08. The van der Waals surface area contributed by atoms with Crippen LogP contribution < -0.4 is 5.73 Å². The molecule has 1 aromatic carbocycles. The standard InChI is InChI=1S/C11H16FNO/c1-2-8(7-14)11(13)9-4-3-5-10(12)6-9/h3-6,8,11,14H,2,7,13H2,1H3. The van der Waals surface area contributed by atoms with Crippen LogP contribution in [0.5, 0.6) is 0 Å². The highest BCUT2D eigenvalue weighted by atomic mass is 19.1. The number of benzene rings is 1. The highest BCUT2D eigenvalue weighted by Crippen LogP contribution is 2.22. The zero-order valence-electron chi connectivity index (χ0n) is 8.28. The molecule has 1 aromatic rings. The lowest BCUT2D eigenvalue weighted by molar-refractivity contribution is 0.200. The lowest BCUT2D eigenvalue weighted by Crippen LogP contribution is -2.23. The molecule has 0 bridgehead atoms. The minimum absolute atomic E-state index is 0.00296. The summed E-state index contributed by atoms with van der Waals surface area (Å²) in [5.74, 6) is -0.289. The molecule has 2 unspecified atom stereocenters. The minimum atomic E-state index is -0.291. The molecule has 2 atom stereocenters. The van der Waals surface area contributed by atoms with E-state index in [0.717, 1.165) is 12.0 Å². The summed E-state index contributed by atoms with van der Waals surface area (Å²) in [6.07, 6.45) is 0.786. The summed E-state index contributed by atoms with van der Waals surface area (Å²) < 4.78 is 12.9. The van der Waals surface area contributed by atoms with Crippen molar-refractivity contribution in [2.45, 2.75) is 19.4 Å². The highest BCUT2D eigenvalue weighted by molar-refractivity contribution is 5.20. The Morgan fingerprint density at radius 3 is 2.71 bits per heavy atom. The van der Waals surface area contributed by atoms with E-state index in [0.29, 0.717) is 0 Å². The third-order valence-electron chi connectivity index (χ3n) is 2.50. The molecule has 0 fully saturated rings. The molecule has 0 aliphatic rings. The maximum absolute atomic E-state index is 12.9. The van der Waals surface area contributed by atoms with Crippen LogP contribution in [0.15, 0.2) is 24.3 Å². The van der Waals surface area contributed by atoms with E-state index in [2.05, 4.69) is 0 Å². The number of nitrogens with two attached hydrogens (primary N) is 1. The molecule has 3 heteroatoms. The monoisotopic (exact) mass is 197 g/mol. The zero-order chi connectivity index (χ0) is 10.6. The number of aliphatic hydroxyl groups excluding tert-OH is 1. The second-order valence-corrected chi connectivity index (χ2v) is 3.43. The number of halogens is 1. The van der Waals surface area contributed by atoms with Gasteiger partial charge < -0.3 is 10.8 Å². The molecule has 0 heterocycles. The van der Waals surface area contributed by atoms with Crippen LogP contribution in [0.2, 0.25) is 0 Å². The Labute approximate surface area is 83.6 Å². The van der Waals surface area contributed by atoms with E-state index >= 15 is 0 Å². The first-order chi connectivity index (χ1) is 6.69. The van der Waals surface area contributed by atoms with Crippen molar-refractivity contribution in [1.82, 2.24) is 0 Å². The molecular formula is C11H16FNO. The first-order valence-electron chi connectivity index (χ1n) is 4.81. The first-order valence-corrected chi connectivity index (χ1v) is 4.81. The van der Waals surface area contributed by atoms with Gasteiger partial charge in [0.05, 0.1) is 0 Å². The van der Waals surface area contributed by atoms with E-state index in [1.165, 1.54) is 12.1 Å². The molecule has 2 nitrogen and oxygen atoms in total. The largest absolute Gasteiger partial charge is 0.396 e. The molecule has 78 valence electrons. The fourth-order valence-corrected chi connectivity index (χ4v) is 1.48. The molecule has 0 radical (unpaired) electrons. The molecule has 3 N–H and O–H groups in total. The van der Waals surface area contributed by atoms with Crippen molar-refractivity contribution in [3.05, 3.63) is 35.6 Å². The van der Waals surface area contributed by atoms with Gasteiger partial charge in [0.1, 0.15) is 5.82 Å². The molecule has 14 heavy (non-hydrogen) atoms. The zero-order valence-corrected chi connectivity index (χ0v) is 8.28. The van der Waals surface area contributed by atoms with Crippen LogP contribution >= 0.6 is 0 Å². The molecule has 0 saturated heterocycles. The van der Waals surface area contributed by atoms with E-state index in [4.69, 9.17) is 10.8 Å². The summed E-state index contributed by atoms with van der Waals surface area (Å²) in [5, 5.41) is 9.05. The van der Waals surface area contributed by atoms with E-state index in [1.807, 2.05) is 6.92 Å². The Hall–Kier alpha value is -0.930. The van der Waals surface area contributed by atoms with Crippen molar-refractivity contribution in [3.63, 3.8) is 0 Å². The Morgan fingerprint density at radius 1 is 1.50 bits per heavy atom. The van der Waals surface area contributed by atoms with Crippen LogP contribution in [0, 0.1) is 11.7 Å². The van der Waals surface area contributed by atoms with Crippen LogP contribution in [-0.2, 0) is 0 Å². The third-order valence-corrected chi connectivity index (χ3v) is 2.50. The van der Waals surface area contributed by atoms with Crippen molar-refractivity contribution >= 4 is 0 Å². The lowest BCUT2D eigenvalue weighted by Gasteiger charge is -2.20. The predicted octanol–water partition coefficient (Wildman–Crippen LogP) is 1.84. The van der Waals surface area contributed by atoms with E-state index in [-0.39, 0.29) is 24.4 Å². The normalized spacial score (nSPS) is 15.1. The summed E-state index contributed by atoms with van der Waals surface area (Å²) in [6.45, 7) is 1.99. The van der Waals surface area contributed by atoms with Crippen LogP contribution in [0.25, 0.3) is 0 Å². The Morgan fingerprint density at radius 2 is 2.21 bits per heavy atom. The van der Waals surface area contributed by atoms with Crippen molar-refractivity contribution in [2.75, 3.05) is 6.61 Å². The average Bonchev–Trinajstić information content (AvgIpc) is 2.19. The summed E-state index contributed by atoms with van der Waals surface area (Å²) >= 11 is 0.